The number of ether oxygens (including phenoxy) is 2. The van der Waals surface area contributed by atoms with Gasteiger partial charge in [-0.2, -0.15) is 10.2 Å². The summed E-state index contributed by atoms with van der Waals surface area (Å²) in [6.45, 7) is 15.0. The molecule has 0 aromatic carbocycles. The molecule has 0 aliphatic carbocycles. The highest BCUT2D eigenvalue weighted by atomic mass is 35.5. The Morgan fingerprint density at radius 1 is 0.951 bits per heavy atom. The first-order chi connectivity index (χ1) is 19.1. The van der Waals surface area contributed by atoms with Gasteiger partial charge in [-0.05, 0) is 79.3 Å². The Kier molecular flexibility index (Phi) is 13.5. The molecule has 2 aliphatic heterocycles. The molecule has 2 N–H and O–H groups in total. The van der Waals surface area contributed by atoms with E-state index in [-0.39, 0.29) is 23.1 Å². The number of halogens is 2. The largest absolute Gasteiger partial charge is 0.460 e. The van der Waals surface area contributed by atoms with Crippen LogP contribution in [-0.4, -0.2) is 69.7 Å². The lowest BCUT2D eigenvalue weighted by molar-refractivity contribution is -0.157. The molecule has 2 saturated heterocycles. The highest BCUT2D eigenvalue weighted by Crippen LogP contribution is 2.26. The normalized spacial score (nSPS) is 18.5. The molecule has 13 heteroatoms. The molecule has 2 aromatic rings. The third-order valence-corrected chi connectivity index (χ3v) is 6.18. The van der Waals surface area contributed by atoms with Gasteiger partial charge in [-0.15, -0.1) is 5.10 Å². The predicted octanol–water partition coefficient (Wildman–Crippen LogP) is 4.44. The summed E-state index contributed by atoms with van der Waals surface area (Å²) in [4.78, 5) is 35.6. The van der Waals surface area contributed by atoms with Crippen LogP contribution < -0.4 is 15.8 Å². The van der Waals surface area contributed by atoms with Crippen molar-refractivity contribution in [3.8, 4) is 0 Å². The number of carbonyl (C=O) groups excluding carboxylic acids is 2. The summed E-state index contributed by atoms with van der Waals surface area (Å²) in [5, 5.41) is 17.7. The standard InChI is InChI=1S/C14H20ClN3O2.C10H19NO2.C4H3ClN2O/c1-14(2,3)20-13(19)6-10-4-5-18(9-10)12-7-11(15)8-16-17-12;1-10(2,3)13-9(12)6-8-4-5-11-7-8;5-3-1-4(8)7-6-2-3/h7-8,10H,4-6,9H2,1-3H3;8,11H,4-7H2,1-3H3;1-2H,(H,7,8)/t10-;8-;/m00./s1. The van der Waals surface area contributed by atoms with E-state index < -0.39 is 5.60 Å². The van der Waals surface area contributed by atoms with Crippen molar-refractivity contribution in [2.24, 2.45) is 11.8 Å². The van der Waals surface area contributed by atoms with Gasteiger partial charge in [-0.1, -0.05) is 23.2 Å². The smallest absolute Gasteiger partial charge is 0.306 e. The van der Waals surface area contributed by atoms with E-state index in [9.17, 15) is 14.4 Å². The average molecular weight is 614 g/mol. The van der Waals surface area contributed by atoms with E-state index in [1.807, 2.05) is 41.5 Å². The van der Waals surface area contributed by atoms with Crippen LogP contribution in [0.2, 0.25) is 10.0 Å². The van der Waals surface area contributed by atoms with Crippen LogP contribution in [0.15, 0.2) is 29.3 Å². The molecule has 0 unspecified atom stereocenters. The Morgan fingerprint density at radius 2 is 1.56 bits per heavy atom. The maximum Gasteiger partial charge on any atom is 0.306 e. The third-order valence-electron chi connectivity index (χ3n) is 5.76. The van der Waals surface area contributed by atoms with E-state index in [1.54, 1.807) is 6.07 Å². The number of H-pyrrole nitrogens is 1. The quantitative estimate of drug-likeness (QED) is 0.466. The van der Waals surface area contributed by atoms with Gasteiger partial charge in [0, 0.05) is 31.6 Å². The van der Waals surface area contributed by atoms with Gasteiger partial charge in [0.15, 0.2) is 5.82 Å². The van der Waals surface area contributed by atoms with E-state index in [4.69, 9.17) is 32.7 Å². The number of hydrogen-bond donors (Lipinski definition) is 2. The highest BCUT2D eigenvalue weighted by molar-refractivity contribution is 6.30. The molecule has 0 saturated carbocycles. The molecule has 0 spiro atoms. The maximum atomic E-state index is 11.8. The van der Waals surface area contributed by atoms with Crippen LogP contribution in [0.5, 0.6) is 0 Å². The molecular weight excluding hydrogens is 571 g/mol. The molecule has 4 rings (SSSR count). The Balaban J connectivity index is 0.000000239. The van der Waals surface area contributed by atoms with E-state index in [0.29, 0.717) is 34.7 Å². The lowest BCUT2D eigenvalue weighted by Gasteiger charge is -2.21. The van der Waals surface area contributed by atoms with Gasteiger partial charge in [-0.25, -0.2) is 5.10 Å². The monoisotopic (exact) mass is 612 g/mol. The second-order valence-electron chi connectivity index (χ2n) is 12.0. The molecule has 11 nitrogen and oxygen atoms in total. The fraction of sp³-hybridized carbons (Fsp3) is 0.643. The maximum absolute atomic E-state index is 11.8. The molecule has 0 bridgehead atoms. The zero-order valence-electron chi connectivity index (χ0n) is 24.7. The third kappa shape index (κ3) is 15.2. The minimum atomic E-state index is -0.423. The Hall–Kier alpha value is -2.76. The minimum Gasteiger partial charge on any atom is -0.460 e. The highest BCUT2D eigenvalue weighted by Gasteiger charge is 2.28. The summed E-state index contributed by atoms with van der Waals surface area (Å²) in [5.74, 6) is 1.34. The number of carbonyl (C=O) groups is 2. The van der Waals surface area contributed by atoms with Crippen molar-refractivity contribution in [2.75, 3.05) is 31.1 Å². The van der Waals surface area contributed by atoms with Gasteiger partial charge in [0.25, 0.3) is 5.56 Å². The predicted molar refractivity (Wildman–Crippen MR) is 159 cm³/mol. The number of hydrogen-bond acceptors (Lipinski definition) is 10. The first-order valence-corrected chi connectivity index (χ1v) is 14.4. The Morgan fingerprint density at radius 3 is 2.05 bits per heavy atom. The number of rotatable bonds is 5. The van der Waals surface area contributed by atoms with Crippen LogP contribution in [0.25, 0.3) is 0 Å². The van der Waals surface area contributed by atoms with Crippen LogP contribution in [0.4, 0.5) is 5.82 Å². The van der Waals surface area contributed by atoms with E-state index in [1.165, 1.54) is 18.5 Å². The fourth-order valence-electron chi connectivity index (χ4n) is 4.17. The summed E-state index contributed by atoms with van der Waals surface area (Å²) in [5.41, 5.74) is -1.05. The van der Waals surface area contributed by atoms with E-state index in [2.05, 4.69) is 30.6 Å². The van der Waals surface area contributed by atoms with E-state index in [0.717, 1.165) is 44.8 Å². The summed E-state index contributed by atoms with van der Waals surface area (Å²) < 4.78 is 10.6. The average Bonchev–Trinajstić information content (AvgIpc) is 3.49. The second kappa shape index (κ2) is 16.0. The molecule has 2 aliphatic rings. The van der Waals surface area contributed by atoms with Gasteiger partial charge in [0.2, 0.25) is 0 Å². The summed E-state index contributed by atoms with van der Waals surface area (Å²) in [7, 11) is 0. The van der Waals surface area contributed by atoms with Gasteiger partial charge < -0.3 is 19.7 Å². The number of anilines is 1. The lowest BCUT2D eigenvalue weighted by atomic mass is 10.1. The van der Waals surface area contributed by atoms with Crippen molar-refractivity contribution in [2.45, 2.75) is 78.4 Å². The topological polar surface area (TPSA) is 139 Å². The first kappa shape index (κ1) is 34.4. The van der Waals surface area contributed by atoms with Crippen molar-refractivity contribution >= 4 is 41.0 Å². The Labute approximate surface area is 251 Å². The van der Waals surface area contributed by atoms with Crippen LogP contribution in [0, 0.1) is 11.8 Å². The Bertz CT molecular complexity index is 1180. The molecular formula is C28H42Cl2N6O5. The second-order valence-corrected chi connectivity index (χ2v) is 12.9. The van der Waals surface area contributed by atoms with Crippen LogP contribution in [-0.2, 0) is 19.1 Å². The number of esters is 2. The zero-order valence-corrected chi connectivity index (χ0v) is 26.2. The summed E-state index contributed by atoms with van der Waals surface area (Å²) >= 11 is 11.3. The molecule has 2 fully saturated rings. The summed E-state index contributed by atoms with van der Waals surface area (Å²) in [6, 6.07) is 3.05. The number of nitrogens with one attached hydrogen (secondary N) is 2. The molecule has 228 valence electrons. The molecule has 2 aromatic heterocycles. The van der Waals surface area contributed by atoms with Crippen molar-refractivity contribution in [3.63, 3.8) is 0 Å². The summed E-state index contributed by atoms with van der Waals surface area (Å²) in [6.07, 6.45) is 5.93. The number of aromatic amines is 1. The van der Waals surface area contributed by atoms with Crippen molar-refractivity contribution < 1.29 is 19.1 Å². The van der Waals surface area contributed by atoms with Crippen LogP contribution in [0.3, 0.4) is 0 Å². The molecule has 2 atom stereocenters. The van der Waals surface area contributed by atoms with Gasteiger partial charge >= 0.3 is 11.9 Å². The fourth-order valence-corrected chi connectivity index (χ4v) is 4.46. The zero-order chi connectivity index (χ0) is 30.6. The first-order valence-electron chi connectivity index (χ1n) is 13.7. The van der Waals surface area contributed by atoms with Crippen molar-refractivity contribution in [1.29, 1.82) is 0 Å². The van der Waals surface area contributed by atoms with Crippen LogP contribution in [0.1, 0.15) is 67.2 Å². The van der Waals surface area contributed by atoms with E-state index >= 15 is 0 Å². The minimum absolute atomic E-state index is 0.0683. The van der Waals surface area contributed by atoms with Crippen molar-refractivity contribution in [3.05, 3.63) is 44.9 Å². The van der Waals surface area contributed by atoms with Crippen molar-refractivity contribution in [1.82, 2.24) is 25.7 Å². The SMILES string of the molecule is CC(C)(C)OC(=O)C[C@@H]1CCN(c2cc(Cl)cnn2)C1.CC(C)(C)OC(=O)C[C@@H]1CCNC1.O=c1cc(Cl)cn[nH]1. The molecule has 41 heavy (non-hydrogen) atoms. The number of nitrogens with zero attached hydrogens (tertiary/aromatic N) is 4. The van der Waals surface area contributed by atoms with Gasteiger partial charge in [0.1, 0.15) is 11.2 Å². The molecule has 0 amide bonds. The molecule has 0 radical (unpaired) electrons. The number of aromatic nitrogens is 4. The lowest BCUT2D eigenvalue weighted by Crippen LogP contribution is -2.26. The van der Waals surface area contributed by atoms with Crippen LogP contribution >= 0.6 is 23.2 Å². The van der Waals surface area contributed by atoms with Gasteiger partial charge in [-0.3, -0.25) is 14.4 Å². The molecule has 4 heterocycles. The van der Waals surface area contributed by atoms with Gasteiger partial charge in [0.05, 0.1) is 28.9 Å².